The first kappa shape index (κ1) is 18.7. The molecule has 0 heterocycles. The molecule has 0 aliphatic rings. The van der Waals surface area contributed by atoms with Crippen LogP contribution in [0.3, 0.4) is 0 Å². The Morgan fingerprint density at radius 2 is 0.792 bits per heavy atom. The fraction of sp³-hybridized carbons (Fsp3) is 0.455. The monoisotopic (exact) mass is 324 g/mol. The molecule has 0 saturated heterocycles. The van der Waals surface area contributed by atoms with Crippen LogP contribution < -0.4 is 10.6 Å². The van der Waals surface area contributed by atoms with Crippen molar-refractivity contribution in [2.75, 3.05) is 14.1 Å². The van der Waals surface area contributed by atoms with Gasteiger partial charge >= 0.3 is 0 Å². The highest BCUT2D eigenvalue weighted by Gasteiger charge is 2.27. The molecule has 2 N–H and O–H groups in total. The number of benzene rings is 2. The zero-order chi connectivity index (χ0) is 18.0. The van der Waals surface area contributed by atoms with Crippen molar-refractivity contribution in [3.8, 4) is 0 Å². The Morgan fingerprint density at radius 3 is 1.00 bits per heavy atom. The summed E-state index contributed by atoms with van der Waals surface area (Å²) in [5.41, 5.74) is 10.9. The molecule has 0 bridgehead atoms. The molecule has 2 atom stereocenters. The lowest BCUT2D eigenvalue weighted by molar-refractivity contribution is 0.426. The van der Waals surface area contributed by atoms with Crippen molar-refractivity contribution < 1.29 is 0 Å². The highest BCUT2D eigenvalue weighted by Crippen LogP contribution is 2.36. The van der Waals surface area contributed by atoms with E-state index in [9.17, 15) is 0 Å². The first-order chi connectivity index (χ1) is 11.3. The zero-order valence-corrected chi connectivity index (χ0v) is 16.5. The molecule has 0 amide bonds. The Balaban J connectivity index is 2.61. The molecule has 0 aliphatic carbocycles. The lowest BCUT2D eigenvalue weighted by Crippen LogP contribution is -2.34. The second kappa shape index (κ2) is 7.50. The minimum absolute atomic E-state index is 0.232. The molecule has 2 heteroatoms. The third-order valence-electron chi connectivity index (χ3n) is 5.05. The van der Waals surface area contributed by atoms with E-state index in [2.05, 4.69) is 90.5 Å². The molecule has 2 rings (SSSR count). The van der Waals surface area contributed by atoms with E-state index < -0.39 is 0 Å². The smallest absolute Gasteiger partial charge is 0.0521 e. The van der Waals surface area contributed by atoms with Crippen molar-refractivity contribution in [3.05, 3.63) is 68.8 Å². The van der Waals surface area contributed by atoms with E-state index in [1.54, 1.807) is 0 Å². The maximum absolute atomic E-state index is 3.58. The van der Waals surface area contributed by atoms with Crippen LogP contribution >= 0.6 is 0 Å². The predicted molar refractivity (Wildman–Crippen MR) is 105 cm³/mol. The summed E-state index contributed by atoms with van der Waals surface area (Å²) in [4.78, 5) is 0. The largest absolute Gasteiger partial charge is 0.311 e. The van der Waals surface area contributed by atoms with E-state index in [0.717, 1.165) is 0 Å². The zero-order valence-electron chi connectivity index (χ0n) is 16.5. The lowest BCUT2D eigenvalue weighted by atomic mass is 9.84. The van der Waals surface area contributed by atoms with Crippen LogP contribution in [0.5, 0.6) is 0 Å². The number of hydrogen-bond donors (Lipinski definition) is 2. The highest BCUT2D eigenvalue weighted by molar-refractivity contribution is 5.45. The first-order valence-corrected chi connectivity index (χ1v) is 8.80. The summed E-state index contributed by atoms with van der Waals surface area (Å²) in [6.07, 6.45) is 0. The van der Waals surface area contributed by atoms with E-state index in [1.165, 1.54) is 44.5 Å². The van der Waals surface area contributed by atoms with Gasteiger partial charge in [0.25, 0.3) is 0 Å². The summed E-state index contributed by atoms with van der Waals surface area (Å²) in [7, 11) is 4.12. The van der Waals surface area contributed by atoms with Gasteiger partial charge in [0.2, 0.25) is 0 Å². The first-order valence-electron chi connectivity index (χ1n) is 8.80. The van der Waals surface area contributed by atoms with Crippen molar-refractivity contribution in [1.29, 1.82) is 0 Å². The van der Waals surface area contributed by atoms with Crippen LogP contribution in [0, 0.1) is 41.5 Å². The number of aryl methyl sites for hydroxylation is 6. The van der Waals surface area contributed by atoms with Gasteiger partial charge < -0.3 is 10.6 Å². The fourth-order valence-electron chi connectivity index (χ4n) is 4.32. The second-order valence-corrected chi connectivity index (χ2v) is 7.16. The van der Waals surface area contributed by atoms with Gasteiger partial charge in [-0.15, -0.1) is 0 Å². The summed E-state index contributed by atoms with van der Waals surface area (Å²) in [6, 6.07) is 9.61. The molecule has 2 aromatic carbocycles. The summed E-state index contributed by atoms with van der Waals surface area (Å²) in [5, 5.41) is 7.15. The average molecular weight is 325 g/mol. The molecule has 0 fully saturated rings. The van der Waals surface area contributed by atoms with Gasteiger partial charge in [-0.2, -0.15) is 0 Å². The van der Waals surface area contributed by atoms with Crippen LogP contribution in [0.4, 0.5) is 0 Å². The minimum atomic E-state index is 0.232. The molecule has 0 radical (unpaired) electrons. The number of rotatable bonds is 5. The Morgan fingerprint density at radius 1 is 0.542 bits per heavy atom. The van der Waals surface area contributed by atoms with E-state index in [1.807, 2.05) is 0 Å². The molecule has 130 valence electrons. The summed E-state index contributed by atoms with van der Waals surface area (Å²) in [5.74, 6) is 0. The van der Waals surface area contributed by atoms with Gasteiger partial charge in [0.15, 0.2) is 0 Å². The lowest BCUT2D eigenvalue weighted by Gasteiger charge is -2.32. The quantitative estimate of drug-likeness (QED) is 0.828. The third kappa shape index (κ3) is 3.55. The molecule has 24 heavy (non-hydrogen) atoms. The average Bonchev–Trinajstić information content (AvgIpc) is 2.46. The van der Waals surface area contributed by atoms with Crippen LogP contribution in [0.15, 0.2) is 24.3 Å². The number of hydrogen-bond acceptors (Lipinski definition) is 2. The van der Waals surface area contributed by atoms with Gasteiger partial charge in [0.1, 0.15) is 0 Å². The van der Waals surface area contributed by atoms with Crippen molar-refractivity contribution >= 4 is 0 Å². The topological polar surface area (TPSA) is 24.1 Å². The maximum Gasteiger partial charge on any atom is 0.0521 e. The SMILES string of the molecule is CN[C@H](c1c(C)cc(C)cc1C)[C@H](NC)c1c(C)cc(C)cc1C. The molecule has 0 saturated carbocycles. The summed E-state index contributed by atoms with van der Waals surface area (Å²) < 4.78 is 0. The third-order valence-corrected chi connectivity index (χ3v) is 5.05. The summed E-state index contributed by atoms with van der Waals surface area (Å²) in [6.45, 7) is 13.2. The Kier molecular flexibility index (Phi) is 5.84. The van der Waals surface area contributed by atoms with Gasteiger partial charge in [-0.1, -0.05) is 35.4 Å². The van der Waals surface area contributed by atoms with Gasteiger partial charge in [-0.3, -0.25) is 0 Å². The Bertz CT molecular complexity index is 621. The normalized spacial score (nSPS) is 13.8. The van der Waals surface area contributed by atoms with Crippen molar-refractivity contribution in [2.24, 2.45) is 0 Å². The molecule has 0 aromatic heterocycles. The van der Waals surface area contributed by atoms with Crippen LogP contribution in [0.1, 0.15) is 56.6 Å². The molecule has 0 aliphatic heterocycles. The van der Waals surface area contributed by atoms with Gasteiger partial charge in [0.05, 0.1) is 12.1 Å². The van der Waals surface area contributed by atoms with Crippen LogP contribution in [0.25, 0.3) is 0 Å². The molecular weight excluding hydrogens is 292 g/mol. The van der Waals surface area contributed by atoms with Gasteiger partial charge in [-0.05, 0) is 89.0 Å². The van der Waals surface area contributed by atoms with E-state index in [-0.39, 0.29) is 12.1 Å². The van der Waals surface area contributed by atoms with Gasteiger partial charge in [-0.25, -0.2) is 0 Å². The van der Waals surface area contributed by atoms with Crippen LogP contribution in [-0.4, -0.2) is 14.1 Å². The van der Waals surface area contributed by atoms with Crippen molar-refractivity contribution in [2.45, 2.75) is 53.6 Å². The molecule has 0 spiro atoms. The van der Waals surface area contributed by atoms with Crippen LogP contribution in [0.2, 0.25) is 0 Å². The van der Waals surface area contributed by atoms with Crippen molar-refractivity contribution in [1.82, 2.24) is 10.6 Å². The van der Waals surface area contributed by atoms with E-state index >= 15 is 0 Å². The van der Waals surface area contributed by atoms with Gasteiger partial charge in [0, 0.05) is 0 Å². The highest BCUT2D eigenvalue weighted by atomic mass is 15.0. The predicted octanol–water partition coefficient (Wildman–Crippen LogP) is 4.76. The minimum Gasteiger partial charge on any atom is -0.311 e. The van der Waals surface area contributed by atoms with Crippen molar-refractivity contribution in [3.63, 3.8) is 0 Å². The Hall–Kier alpha value is -1.64. The van der Waals surface area contributed by atoms with Crippen LogP contribution in [-0.2, 0) is 0 Å². The van der Waals surface area contributed by atoms with E-state index in [4.69, 9.17) is 0 Å². The molecule has 2 aromatic rings. The maximum atomic E-state index is 3.58. The molecular formula is C22H32N2. The Labute approximate surface area is 147 Å². The second-order valence-electron chi connectivity index (χ2n) is 7.16. The fourth-order valence-corrected chi connectivity index (χ4v) is 4.32. The standard InChI is InChI=1S/C22H32N2/c1-13-9-15(3)19(16(4)10-13)21(23-7)22(24-8)20-17(5)11-14(2)12-18(20)6/h9-12,21-24H,1-8H3/t21-,22-/m1/s1. The number of likely N-dealkylation sites (N-methyl/N-ethyl adjacent to an activating group) is 2. The summed E-state index contributed by atoms with van der Waals surface area (Å²) >= 11 is 0. The number of nitrogens with one attached hydrogen (secondary N) is 2. The molecule has 0 unspecified atom stereocenters. The van der Waals surface area contributed by atoms with E-state index in [0.29, 0.717) is 0 Å². The molecule has 2 nitrogen and oxygen atoms in total.